The Morgan fingerprint density at radius 2 is 1.70 bits per heavy atom. The van der Waals surface area contributed by atoms with Gasteiger partial charge in [-0.05, 0) is 11.6 Å². The molecule has 0 N–H and O–H groups in total. The average molecular weight is 447 g/mol. The zero-order valence-electron chi connectivity index (χ0n) is 19.0. The van der Waals surface area contributed by atoms with Crippen LogP contribution in [0.25, 0.3) is 22.2 Å². The van der Waals surface area contributed by atoms with Gasteiger partial charge in [0, 0.05) is 26.2 Å². The first-order valence-corrected chi connectivity index (χ1v) is 10.7. The summed E-state index contributed by atoms with van der Waals surface area (Å²) in [6, 6.07) is 15.4. The highest BCUT2D eigenvalue weighted by Gasteiger charge is 2.34. The number of benzene rings is 2. The Balaban J connectivity index is 1.94. The van der Waals surface area contributed by atoms with Crippen molar-refractivity contribution in [3.05, 3.63) is 80.6 Å². The number of hydrogen-bond donors (Lipinski definition) is 0. The molecule has 8 nitrogen and oxygen atoms in total. The summed E-state index contributed by atoms with van der Waals surface area (Å²) in [5.74, 6) is 1.14. The van der Waals surface area contributed by atoms with Crippen LogP contribution in [-0.2, 0) is 25.4 Å². The first-order chi connectivity index (χ1) is 16.0. The third-order valence-electron chi connectivity index (χ3n) is 6.32. The molecule has 3 heterocycles. The van der Waals surface area contributed by atoms with Crippen molar-refractivity contribution in [1.82, 2.24) is 13.7 Å². The molecule has 0 amide bonds. The molecule has 170 valence electrons. The SMILES string of the molecule is COc1cccc([C@H]2OCCn3c(-c4ccccc4)c4c(=O)n(C)c(=O)n(C)c4c32)c1OC. The maximum atomic E-state index is 13.4. The Bertz CT molecular complexity index is 1480. The minimum absolute atomic E-state index is 0.329. The van der Waals surface area contributed by atoms with Gasteiger partial charge in [0.2, 0.25) is 0 Å². The van der Waals surface area contributed by atoms with Crippen LogP contribution in [-0.4, -0.2) is 34.5 Å². The van der Waals surface area contributed by atoms with Gasteiger partial charge in [-0.25, -0.2) is 4.79 Å². The number of nitrogens with zero attached hydrogens (tertiary/aromatic N) is 3. The van der Waals surface area contributed by atoms with Crippen LogP contribution in [0, 0.1) is 0 Å². The maximum absolute atomic E-state index is 13.4. The lowest BCUT2D eigenvalue weighted by Crippen LogP contribution is -2.37. The summed E-state index contributed by atoms with van der Waals surface area (Å²) in [5.41, 5.74) is 3.06. The van der Waals surface area contributed by atoms with Crippen molar-refractivity contribution in [1.29, 1.82) is 0 Å². The number of rotatable bonds is 4. The van der Waals surface area contributed by atoms with Crippen molar-refractivity contribution < 1.29 is 14.2 Å². The average Bonchev–Trinajstić information content (AvgIpc) is 3.21. The van der Waals surface area contributed by atoms with Crippen LogP contribution in [0.3, 0.4) is 0 Å². The molecule has 0 fully saturated rings. The van der Waals surface area contributed by atoms with Crippen LogP contribution < -0.4 is 20.7 Å². The lowest BCUT2D eigenvalue weighted by Gasteiger charge is -2.29. The Kier molecular flexibility index (Phi) is 5.09. The van der Waals surface area contributed by atoms with E-state index in [1.54, 1.807) is 21.3 Å². The summed E-state index contributed by atoms with van der Waals surface area (Å²) in [7, 11) is 6.37. The minimum Gasteiger partial charge on any atom is -0.493 e. The van der Waals surface area contributed by atoms with Gasteiger partial charge >= 0.3 is 5.69 Å². The second kappa shape index (κ2) is 7.97. The van der Waals surface area contributed by atoms with Crippen molar-refractivity contribution in [3.63, 3.8) is 0 Å². The summed E-state index contributed by atoms with van der Waals surface area (Å²) in [6.45, 7) is 0.988. The zero-order valence-corrected chi connectivity index (χ0v) is 19.0. The number of ether oxygens (including phenoxy) is 3. The molecule has 1 atom stereocenters. The normalized spacial score (nSPS) is 15.5. The highest BCUT2D eigenvalue weighted by Crippen LogP contribution is 2.44. The number of aromatic nitrogens is 3. The fraction of sp³-hybridized carbons (Fsp3) is 0.280. The van der Waals surface area contributed by atoms with Crippen molar-refractivity contribution in [2.75, 3.05) is 20.8 Å². The van der Waals surface area contributed by atoms with Crippen LogP contribution in [0.1, 0.15) is 17.4 Å². The molecule has 2 aromatic carbocycles. The van der Waals surface area contributed by atoms with Gasteiger partial charge in [0.1, 0.15) is 6.10 Å². The van der Waals surface area contributed by atoms with Gasteiger partial charge in [-0.3, -0.25) is 13.9 Å². The number of fused-ring (bicyclic) bond motifs is 3. The molecule has 0 unspecified atom stereocenters. The molecule has 0 saturated carbocycles. The predicted molar refractivity (Wildman–Crippen MR) is 125 cm³/mol. The molecule has 0 spiro atoms. The van der Waals surface area contributed by atoms with Gasteiger partial charge < -0.3 is 18.8 Å². The van der Waals surface area contributed by atoms with Gasteiger partial charge in [0.25, 0.3) is 5.56 Å². The smallest absolute Gasteiger partial charge is 0.331 e. The number of para-hydroxylation sites is 1. The Morgan fingerprint density at radius 3 is 2.39 bits per heavy atom. The third-order valence-corrected chi connectivity index (χ3v) is 6.32. The van der Waals surface area contributed by atoms with E-state index >= 15 is 0 Å². The Hall–Kier alpha value is -3.78. The van der Waals surface area contributed by atoms with E-state index in [9.17, 15) is 9.59 Å². The quantitative estimate of drug-likeness (QED) is 0.481. The molecule has 0 aliphatic carbocycles. The summed E-state index contributed by atoms with van der Waals surface area (Å²) < 4.78 is 22.3. The van der Waals surface area contributed by atoms with Crippen molar-refractivity contribution in [2.45, 2.75) is 12.6 Å². The third kappa shape index (κ3) is 3.01. The van der Waals surface area contributed by atoms with E-state index in [-0.39, 0.29) is 11.2 Å². The van der Waals surface area contributed by atoms with Crippen LogP contribution >= 0.6 is 0 Å². The van der Waals surface area contributed by atoms with E-state index in [0.717, 1.165) is 27.1 Å². The molecule has 5 rings (SSSR count). The second-order valence-electron chi connectivity index (χ2n) is 8.01. The molecule has 1 aliphatic heterocycles. The lowest BCUT2D eigenvalue weighted by atomic mass is 10.0. The van der Waals surface area contributed by atoms with Gasteiger partial charge in [-0.2, -0.15) is 0 Å². The monoisotopic (exact) mass is 447 g/mol. The van der Waals surface area contributed by atoms with Crippen molar-refractivity contribution in [2.24, 2.45) is 14.1 Å². The Morgan fingerprint density at radius 1 is 0.939 bits per heavy atom. The molecule has 2 aromatic heterocycles. The van der Waals surface area contributed by atoms with Gasteiger partial charge in [-0.1, -0.05) is 42.5 Å². The standard InChI is InChI=1S/C25H25N3O5/c1-26-20-18(24(29)27(2)25(26)30)19(15-9-6-5-7-10-15)28-13-14-33-23(21(20)28)16-11-8-12-17(31-3)22(16)32-4/h5-12,23H,13-14H2,1-4H3/t23-/m1/s1. The van der Waals surface area contributed by atoms with E-state index in [0.29, 0.717) is 35.6 Å². The first-order valence-electron chi connectivity index (χ1n) is 10.7. The fourth-order valence-corrected chi connectivity index (χ4v) is 4.83. The van der Waals surface area contributed by atoms with E-state index in [2.05, 4.69) is 4.57 Å². The molecule has 4 aromatic rings. The topological polar surface area (TPSA) is 76.6 Å². The molecular weight excluding hydrogens is 422 g/mol. The van der Waals surface area contributed by atoms with Crippen LogP contribution in [0.4, 0.5) is 0 Å². The maximum Gasteiger partial charge on any atom is 0.331 e. The first kappa shape index (κ1) is 21.1. The highest BCUT2D eigenvalue weighted by atomic mass is 16.5. The van der Waals surface area contributed by atoms with E-state index < -0.39 is 6.10 Å². The molecule has 0 radical (unpaired) electrons. The highest BCUT2D eigenvalue weighted by molar-refractivity contribution is 5.96. The molecule has 0 saturated heterocycles. The summed E-state index contributed by atoms with van der Waals surface area (Å²) >= 11 is 0. The summed E-state index contributed by atoms with van der Waals surface area (Å²) in [6.07, 6.45) is -0.554. The van der Waals surface area contributed by atoms with Crippen LogP contribution in [0.15, 0.2) is 58.1 Å². The van der Waals surface area contributed by atoms with E-state index in [4.69, 9.17) is 14.2 Å². The largest absolute Gasteiger partial charge is 0.493 e. The fourth-order valence-electron chi connectivity index (χ4n) is 4.83. The van der Waals surface area contributed by atoms with E-state index in [1.165, 1.54) is 11.6 Å². The molecule has 0 bridgehead atoms. The number of aryl methyl sites for hydroxylation is 1. The summed E-state index contributed by atoms with van der Waals surface area (Å²) in [4.78, 5) is 26.4. The van der Waals surface area contributed by atoms with Gasteiger partial charge in [0.15, 0.2) is 11.5 Å². The van der Waals surface area contributed by atoms with Crippen LogP contribution in [0.5, 0.6) is 11.5 Å². The minimum atomic E-state index is -0.554. The predicted octanol–water partition coefficient (Wildman–Crippen LogP) is 2.84. The van der Waals surface area contributed by atoms with E-state index in [1.807, 2.05) is 48.5 Å². The van der Waals surface area contributed by atoms with Crippen LogP contribution in [0.2, 0.25) is 0 Å². The Labute approximate surface area is 190 Å². The van der Waals surface area contributed by atoms with Gasteiger partial charge in [-0.15, -0.1) is 0 Å². The second-order valence-corrected chi connectivity index (χ2v) is 8.01. The molecule has 1 aliphatic rings. The zero-order chi connectivity index (χ0) is 23.3. The number of hydrogen-bond acceptors (Lipinski definition) is 5. The van der Waals surface area contributed by atoms with Crippen molar-refractivity contribution in [3.8, 4) is 22.8 Å². The molecule has 8 heteroatoms. The van der Waals surface area contributed by atoms with Crippen molar-refractivity contribution >= 4 is 10.9 Å². The molecule has 33 heavy (non-hydrogen) atoms. The number of methoxy groups -OCH3 is 2. The molecular formula is C25H25N3O5. The lowest BCUT2D eigenvalue weighted by molar-refractivity contribution is 0.0462. The van der Waals surface area contributed by atoms with Gasteiger partial charge in [0.05, 0.1) is 43.1 Å². The summed E-state index contributed by atoms with van der Waals surface area (Å²) in [5, 5.41) is 0.498.